The van der Waals surface area contributed by atoms with Crippen LogP contribution in [-0.4, -0.2) is 11.4 Å². The fourth-order valence-corrected chi connectivity index (χ4v) is 2.01. The van der Waals surface area contributed by atoms with Gasteiger partial charge in [0.1, 0.15) is 11.4 Å². The van der Waals surface area contributed by atoms with Crippen molar-refractivity contribution in [3.63, 3.8) is 0 Å². The first-order valence-corrected chi connectivity index (χ1v) is 4.63. The summed E-state index contributed by atoms with van der Waals surface area (Å²) >= 11 is 0. The molecule has 0 N–H and O–H groups in total. The highest BCUT2D eigenvalue weighted by molar-refractivity contribution is 5.09. The van der Waals surface area contributed by atoms with Crippen molar-refractivity contribution in [1.82, 2.24) is 0 Å². The Labute approximate surface area is 73.5 Å². The molecule has 1 saturated heterocycles. The van der Waals surface area contributed by atoms with E-state index in [0.29, 0.717) is 0 Å². The van der Waals surface area contributed by atoms with E-state index < -0.39 is 0 Å². The zero-order chi connectivity index (χ0) is 8.82. The van der Waals surface area contributed by atoms with Crippen LogP contribution in [0.3, 0.4) is 0 Å². The van der Waals surface area contributed by atoms with Crippen LogP contribution >= 0.6 is 0 Å². The van der Waals surface area contributed by atoms with Gasteiger partial charge in [0.05, 0.1) is 0 Å². The first-order valence-electron chi connectivity index (χ1n) is 4.63. The molecule has 0 amide bonds. The molecule has 0 unspecified atom stereocenters. The summed E-state index contributed by atoms with van der Waals surface area (Å²) in [4.78, 5) is 0. The second-order valence-corrected chi connectivity index (χ2v) is 4.26. The van der Waals surface area contributed by atoms with Crippen molar-refractivity contribution in [1.29, 1.82) is 0 Å². The van der Waals surface area contributed by atoms with Gasteiger partial charge in [-0.1, -0.05) is 6.58 Å². The third kappa shape index (κ3) is 1.06. The van der Waals surface area contributed by atoms with Gasteiger partial charge in [-0.15, -0.1) is 0 Å². The Kier molecular flexibility index (Phi) is 1.52. The predicted molar refractivity (Wildman–Crippen MR) is 46.6 cm³/mol. The van der Waals surface area contributed by atoms with Crippen molar-refractivity contribution in [2.24, 2.45) is 0 Å². The Hall–Kier alpha value is -0.500. The molecule has 2 rings (SSSR count). The van der Waals surface area contributed by atoms with Gasteiger partial charge in [0.2, 0.25) is 5.79 Å². The molecular weight excluding hydrogens is 152 g/mol. The van der Waals surface area contributed by atoms with Gasteiger partial charge in [0, 0.05) is 12.8 Å². The number of hydrogen-bond donors (Lipinski definition) is 0. The highest BCUT2D eigenvalue weighted by Gasteiger charge is 2.50. The predicted octanol–water partition coefficient (Wildman–Crippen LogP) is 2.60. The Balaban J connectivity index is 2.19. The fraction of sp³-hybridized carbons (Fsp3) is 0.800. The summed E-state index contributed by atoms with van der Waals surface area (Å²) in [6, 6.07) is 0. The average Bonchev–Trinajstić information content (AvgIpc) is 2.42. The van der Waals surface area contributed by atoms with Gasteiger partial charge in [-0.2, -0.15) is 0 Å². The number of ether oxygens (including phenoxy) is 2. The van der Waals surface area contributed by atoms with Crippen molar-refractivity contribution in [3.05, 3.63) is 12.3 Å². The van der Waals surface area contributed by atoms with Gasteiger partial charge < -0.3 is 9.47 Å². The van der Waals surface area contributed by atoms with Gasteiger partial charge >= 0.3 is 0 Å². The molecule has 2 aliphatic rings. The van der Waals surface area contributed by atoms with E-state index in [9.17, 15) is 0 Å². The molecule has 1 saturated carbocycles. The van der Waals surface area contributed by atoms with Crippen LogP contribution in [0.2, 0.25) is 0 Å². The molecule has 68 valence electrons. The van der Waals surface area contributed by atoms with E-state index >= 15 is 0 Å². The first kappa shape index (κ1) is 8.11. The smallest absolute Gasteiger partial charge is 0.211 e. The van der Waals surface area contributed by atoms with Gasteiger partial charge in [-0.25, -0.2) is 0 Å². The number of hydrogen-bond acceptors (Lipinski definition) is 2. The largest absolute Gasteiger partial charge is 0.464 e. The Morgan fingerprint density at radius 3 is 2.25 bits per heavy atom. The normalized spacial score (nSPS) is 31.0. The molecule has 1 aliphatic carbocycles. The van der Waals surface area contributed by atoms with Crippen molar-refractivity contribution in [2.75, 3.05) is 0 Å². The van der Waals surface area contributed by atoms with Crippen LogP contribution in [0.15, 0.2) is 12.3 Å². The van der Waals surface area contributed by atoms with Gasteiger partial charge in [0.15, 0.2) is 0 Å². The van der Waals surface area contributed by atoms with Crippen molar-refractivity contribution in [3.8, 4) is 0 Å². The van der Waals surface area contributed by atoms with Gasteiger partial charge in [0.25, 0.3) is 0 Å². The third-order valence-corrected chi connectivity index (χ3v) is 2.79. The lowest BCUT2D eigenvalue weighted by Crippen LogP contribution is -2.29. The fourth-order valence-electron chi connectivity index (χ4n) is 2.01. The van der Waals surface area contributed by atoms with Crippen LogP contribution in [-0.2, 0) is 9.47 Å². The van der Waals surface area contributed by atoms with Crippen LogP contribution in [0, 0.1) is 0 Å². The Morgan fingerprint density at radius 2 is 1.83 bits per heavy atom. The van der Waals surface area contributed by atoms with E-state index in [1.54, 1.807) is 0 Å². The van der Waals surface area contributed by atoms with Gasteiger partial charge in [-0.3, -0.25) is 0 Å². The Bertz CT molecular complexity index is 212. The van der Waals surface area contributed by atoms with Crippen LogP contribution in [0.1, 0.15) is 39.5 Å². The quantitative estimate of drug-likeness (QED) is 0.553. The van der Waals surface area contributed by atoms with E-state index in [-0.39, 0.29) is 11.4 Å². The molecule has 1 aliphatic heterocycles. The second kappa shape index (κ2) is 2.25. The lowest BCUT2D eigenvalue weighted by Gasteiger charge is -2.22. The van der Waals surface area contributed by atoms with E-state index in [1.165, 1.54) is 12.8 Å². The van der Waals surface area contributed by atoms with Crippen LogP contribution in [0.5, 0.6) is 0 Å². The maximum absolute atomic E-state index is 5.89. The molecule has 12 heavy (non-hydrogen) atoms. The van der Waals surface area contributed by atoms with Crippen LogP contribution < -0.4 is 0 Å². The minimum absolute atomic E-state index is 0.287. The minimum atomic E-state index is -0.305. The first-order chi connectivity index (χ1) is 5.54. The molecule has 0 aromatic carbocycles. The molecule has 2 nitrogen and oxygen atoms in total. The van der Waals surface area contributed by atoms with Gasteiger partial charge in [-0.05, 0) is 26.7 Å². The van der Waals surface area contributed by atoms with E-state index in [2.05, 4.69) is 6.58 Å². The van der Waals surface area contributed by atoms with Crippen molar-refractivity contribution < 1.29 is 9.47 Å². The van der Waals surface area contributed by atoms with E-state index in [4.69, 9.17) is 9.47 Å². The van der Waals surface area contributed by atoms with Crippen molar-refractivity contribution >= 4 is 0 Å². The topological polar surface area (TPSA) is 18.5 Å². The molecule has 2 fully saturated rings. The zero-order valence-electron chi connectivity index (χ0n) is 7.85. The second-order valence-electron chi connectivity index (χ2n) is 4.26. The summed E-state index contributed by atoms with van der Waals surface area (Å²) in [7, 11) is 0. The average molecular weight is 168 g/mol. The summed E-state index contributed by atoms with van der Waals surface area (Å²) in [5, 5.41) is 0. The highest BCUT2D eigenvalue weighted by atomic mass is 16.8. The summed E-state index contributed by atoms with van der Waals surface area (Å²) in [6.07, 6.45) is 4.47. The Morgan fingerprint density at radius 1 is 1.25 bits per heavy atom. The maximum Gasteiger partial charge on any atom is 0.211 e. The molecule has 0 aromatic heterocycles. The van der Waals surface area contributed by atoms with Crippen LogP contribution in [0.4, 0.5) is 0 Å². The van der Waals surface area contributed by atoms with Crippen molar-refractivity contribution in [2.45, 2.75) is 50.9 Å². The highest BCUT2D eigenvalue weighted by Crippen LogP contribution is 2.46. The summed E-state index contributed by atoms with van der Waals surface area (Å²) in [5.74, 6) is 0.477. The summed E-state index contributed by atoms with van der Waals surface area (Å²) < 4.78 is 11.6. The monoisotopic (exact) mass is 168 g/mol. The molecule has 0 aromatic rings. The summed E-state index contributed by atoms with van der Waals surface area (Å²) in [5.41, 5.74) is -0.287. The lowest BCUT2D eigenvalue weighted by molar-refractivity contribution is -0.172. The third-order valence-electron chi connectivity index (χ3n) is 2.79. The van der Waals surface area contributed by atoms with E-state index in [1.807, 2.05) is 13.8 Å². The zero-order valence-corrected chi connectivity index (χ0v) is 7.85. The molecule has 1 heterocycles. The molecule has 2 heteroatoms. The van der Waals surface area contributed by atoms with E-state index in [0.717, 1.165) is 18.6 Å². The maximum atomic E-state index is 5.89. The lowest BCUT2D eigenvalue weighted by atomic mass is 10.1. The SMILES string of the molecule is C=C1OC2(CCCC2)OC1(C)C. The molecule has 0 radical (unpaired) electrons. The number of rotatable bonds is 0. The standard InChI is InChI=1S/C10H16O2/c1-8-9(2,3)12-10(11-8)6-4-5-7-10/h1,4-7H2,2-3H3. The molecule has 1 spiro atoms. The summed E-state index contributed by atoms with van der Waals surface area (Å²) in [6.45, 7) is 7.91. The molecule has 0 bridgehead atoms. The molecular formula is C10H16O2. The minimum Gasteiger partial charge on any atom is -0.464 e. The molecule has 0 atom stereocenters. The van der Waals surface area contributed by atoms with Crippen LogP contribution in [0.25, 0.3) is 0 Å².